The first-order valence-corrected chi connectivity index (χ1v) is 5.19. The van der Waals surface area contributed by atoms with Crippen LogP contribution in [0.3, 0.4) is 0 Å². The highest BCUT2D eigenvalue weighted by Crippen LogP contribution is 2.10. The Bertz CT molecular complexity index is 346. The van der Waals surface area contributed by atoms with Crippen LogP contribution >= 0.6 is 0 Å². The van der Waals surface area contributed by atoms with Crippen molar-refractivity contribution >= 4 is 5.91 Å². The predicted molar refractivity (Wildman–Crippen MR) is 63.1 cm³/mol. The Kier molecular flexibility index (Phi) is 5.45. The predicted octanol–water partition coefficient (Wildman–Crippen LogP) is 1.04. The van der Waals surface area contributed by atoms with Gasteiger partial charge in [0.05, 0.1) is 13.7 Å². The molecule has 0 fully saturated rings. The molecule has 1 aromatic carbocycles. The maximum atomic E-state index is 11.7. The van der Waals surface area contributed by atoms with Gasteiger partial charge in [0.2, 0.25) is 0 Å². The summed E-state index contributed by atoms with van der Waals surface area (Å²) in [5, 5.41) is 2.71. The molecule has 5 nitrogen and oxygen atoms in total. The zero-order valence-electron chi connectivity index (χ0n) is 10.2. The smallest absolute Gasteiger partial charge is 0.251 e. The molecule has 1 amide bonds. The summed E-state index contributed by atoms with van der Waals surface area (Å²) in [6.07, 6.45) is -0.433. The standard InChI is InChI=1S/C12H17NO4/c1-15-10-6-4-9(5-7-10)12(14)13-8-11(16-2)17-3/h4-7,11H,8H2,1-3H3,(H,13,14). The van der Waals surface area contributed by atoms with Crippen LogP contribution in [-0.2, 0) is 9.47 Å². The summed E-state index contributed by atoms with van der Waals surface area (Å²) in [5.74, 6) is 0.542. The van der Waals surface area contributed by atoms with Crippen LogP contribution in [0.1, 0.15) is 10.4 Å². The van der Waals surface area contributed by atoms with Crippen molar-refractivity contribution in [3.05, 3.63) is 29.8 Å². The van der Waals surface area contributed by atoms with Crippen molar-refractivity contribution < 1.29 is 19.0 Å². The van der Waals surface area contributed by atoms with Crippen LogP contribution in [0.4, 0.5) is 0 Å². The number of benzene rings is 1. The molecular formula is C12H17NO4. The lowest BCUT2D eigenvalue weighted by atomic mass is 10.2. The summed E-state index contributed by atoms with van der Waals surface area (Å²) in [6.45, 7) is 0.303. The number of ether oxygens (including phenoxy) is 3. The topological polar surface area (TPSA) is 56.8 Å². The number of hydrogen-bond acceptors (Lipinski definition) is 4. The summed E-state index contributed by atoms with van der Waals surface area (Å²) in [6, 6.07) is 6.86. The second kappa shape index (κ2) is 6.88. The molecule has 0 saturated carbocycles. The van der Waals surface area contributed by atoms with Gasteiger partial charge in [-0.2, -0.15) is 0 Å². The number of nitrogens with one attached hydrogen (secondary N) is 1. The Morgan fingerprint density at radius 1 is 1.18 bits per heavy atom. The normalized spacial score (nSPS) is 10.4. The van der Waals surface area contributed by atoms with Gasteiger partial charge in [0.1, 0.15) is 5.75 Å². The molecule has 0 bridgehead atoms. The minimum absolute atomic E-state index is 0.174. The van der Waals surface area contributed by atoms with Crippen molar-refractivity contribution in [3.8, 4) is 5.75 Å². The SMILES string of the molecule is COc1ccc(C(=O)NCC(OC)OC)cc1. The fourth-order valence-electron chi connectivity index (χ4n) is 1.28. The number of carbonyl (C=O) groups is 1. The highest BCUT2D eigenvalue weighted by Gasteiger charge is 2.09. The Hall–Kier alpha value is -1.59. The van der Waals surface area contributed by atoms with Gasteiger partial charge in [-0.3, -0.25) is 4.79 Å². The Morgan fingerprint density at radius 2 is 1.76 bits per heavy atom. The van der Waals surface area contributed by atoms with Crippen LogP contribution in [0.5, 0.6) is 5.75 Å². The summed E-state index contributed by atoms with van der Waals surface area (Å²) in [7, 11) is 4.62. The van der Waals surface area contributed by atoms with Crippen molar-refractivity contribution in [1.82, 2.24) is 5.32 Å². The van der Waals surface area contributed by atoms with Gasteiger partial charge in [0, 0.05) is 19.8 Å². The molecule has 0 aliphatic carbocycles. The Labute approximate surface area is 101 Å². The summed E-state index contributed by atoms with van der Waals surface area (Å²) < 4.78 is 14.9. The van der Waals surface area contributed by atoms with Crippen molar-refractivity contribution in [2.75, 3.05) is 27.9 Å². The quantitative estimate of drug-likeness (QED) is 0.754. The number of methoxy groups -OCH3 is 3. The van der Waals surface area contributed by atoms with E-state index in [-0.39, 0.29) is 5.91 Å². The van der Waals surface area contributed by atoms with Crippen molar-refractivity contribution in [2.24, 2.45) is 0 Å². The monoisotopic (exact) mass is 239 g/mol. The van der Waals surface area contributed by atoms with Gasteiger partial charge in [-0.25, -0.2) is 0 Å². The molecule has 1 aromatic rings. The minimum atomic E-state index is -0.433. The van der Waals surface area contributed by atoms with Crippen LogP contribution < -0.4 is 10.1 Å². The van der Waals surface area contributed by atoms with E-state index in [1.807, 2.05) is 0 Å². The van der Waals surface area contributed by atoms with Gasteiger partial charge in [0.25, 0.3) is 5.91 Å². The molecule has 17 heavy (non-hydrogen) atoms. The van der Waals surface area contributed by atoms with E-state index in [9.17, 15) is 4.79 Å². The first-order chi connectivity index (χ1) is 8.21. The zero-order chi connectivity index (χ0) is 12.7. The molecule has 0 aliphatic heterocycles. The van der Waals surface area contributed by atoms with Crippen LogP contribution in [0.25, 0.3) is 0 Å². The molecule has 0 saturated heterocycles. The highest BCUT2D eigenvalue weighted by atomic mass is 16.7. The molecule has 5 heteroatoms. The lowest BCUT2D eigenvalue weighted by molar-refractivity contribution is -0.0974. The maximum Gasteiger partial charge on any atom is 0.251 e. The third kappa shape index (κ3) is 4.05. The summed E-state index contributed by atoms with van der Waals surface area (Å²) in [4.78, 5) is 11.7. The average molecular weight is 239 g/mol. The van der Waals surface area contributed by atoms with E-state index in [4.69, 9.17) is 14.2 Å². The first kappa shape index (κ1) is 13.5. The van der Waals surface area contributed by atoms with Crippen LogP contribution in [-0.4, -0.2) is 40.1 Å². The van der Waals surface area contributed by atoms with Crippen LogP contribution in [0.2, 0.25) is 0 Å². The van der Waals surface area contributed by atoms with Gasteiger partial charge in [-0.1, -0.05) is 0 Å². The second-order valence-corrected chi connectivity index (χ2v) is 3.34. The van der Waals surface area contributed by atoms with Crippen molar-refractivity contribution in [3.63, 3.8) is 0 Å². The lowest BCUT2D eigenvalue weighted by Gasteiger charge is -2.14. The van der Waals surface area contributed by atoms with E-state index < -0.39 is 6.29 Å². The molecule has 0 unspecified atom stereocenters. The van der Waals surface area contributed by atoms with E-state index in [0.717, 1.165) is 0 Å². The van der Waals surface area contributed by atoms with Gasteiger partial charge in [-0.15, -0.1) is 0 Å². The molecule has 0 spiro atoms. The molecule has 1 N–H and O–H groups in total. The first-order valence-electron chi connectivity index (χ1n) is 5.19. The number of carbonyl (C=O) groups excluding carboxylic acids is 1. The van der Waals surface area contributed by atoms with E-state index in [1.54, 1.807) is 31.4 Å². The zero-order valence-corrected chi connectivity index (χ0v) is 10.2. The molecule has 0 radical (unpaired) electrons. The largest absolute Gasteiger partial charge is 0.497 e. The van der Waals surface area contributed by atoms with E-state index in [0.29, 0.717) is 17.9 Å². The third-order valence-corrected chi connectivity index (χ3v) is 2.31. The molecule has 0 aliphatic rings. The minimum Gasteiger partial charge on any atom is -0.497 e. The van der Waals surface area contributed by atoms with Gasteiger partial charge < -0.3 is 19.5 Å². The Morgan fingerprint density at radius 3 is 2.24 bits per heavy atom. The summed E-state index contributed by atoms with van der Waals surface area (Å²) in [5.41, 5.74) is 0.566. The molecule has 0 aromatic heterocycles. The van der Waals surface area contributed by atoms with Crippen molar-refractivity contribution in [1.29, 1.82) is 0 Å². The van der Waals surface area contributed by atoms with Gasteiger partial charge in [-0.05, 0) is 24.3 Å². The average Bonchev–Trinajstić information content (AvgIpc) is 2.39. The van der Waals surface area contributed by atoms with Crippen LogP contribution in [0, 0.1) is 0 Å². The van der Waals surface area contributed by atoms with E-state index >= 15 is 0 Å². The number of rotatable bonds is 6. The molecular weight excluding hydrogens is 222 g/mol. The molecule has 0 heterocycles. The maximum absolute atomic E-state index is 11.7. The lowest BCUT2D eigenvalue weighted by Crippen LogP contribution is -2.34. The van der Waals surface area contributed by atoms with E-state index in [2.05, 4.69) is 5.32 Å². The van der Waals surface area contributed by atoms with E-state index in [1.165, 1.54) is 14.2 Å². The second-order valence-electron chi connectivity index (χ2n) is 3.34. The fraction of sp³-hybridized carbons (Fsp3) is 0.417. The Balaban J connectivity index is 2.51. The number of amides is 1. The molecule has 94 valence electrons. The third-order valence-electron chi connectivity index (χ3n) is 2.31. The number of hydrogen-bond donors (Lipinski definition) is 1. The molecule has 0 atom stereocenters. The highest BCUT2D eigenvalue weighted by molar-refractivity contribution is 5.94. The fourth-order valence-corrected chi connectivity index (χ4v) is 1.28. The molecule has 1 rings (SSSR count). The van der Waals surface area contributed by atoms with Crippen molar-refractivity contribution in [2.45, 2.75) is 6.29 Å². The van der Waals surface area contributed by atoms with Crippen LogP contribution in [0.15, 0.2) is 24.3 Å². The van der Waals surface area contributed by atoms with Gasteiger partial charge >= 0.3 is 0 Å². The van der Waals surface area contributed by atoms with Gasteiger partial charge in [0.15, 0.2) is 6.29 Å². The summed E-state index contributed by atoms with van der Waals surface area (Å²) >= 11 is 0.